The molecular formula is C17H21N3O2. The standard InChI is InChI=1S/C17H21N3O2/c1-14-19-10-12-20(14)11-2-9-18-13-16-5-3-15(4-6-16)7-8-17(21)22/h3-8,10,12,18H,2,9,11,13H2,1H3,(H,21,22). The van der Waals surface area contributed by atoms with E-state index in [1.807, 2.05) is 43.6 Å². The van der Waals surface area contributed by atoms with E-state index in [-0.39, 0.29) is 0 Å². The van der Waals surface area contributed by atoms with Crippen molar-refractivity contribution in [1.82, 2.24) is 14.9 Å². The van der Waals surface area contributed by atoms with Crippen molar-refractivity contribution in [3.8, 4) is 0 Å². The van der Waals surface area contributed by atoms with Crippen LogP contribution in [0.1, 0.15) is 23.4 Å². The molecule has 0 spiro atoms. The van der Waals surface area contributed by atoms with Gasteiger partial charge in [-0.25, -0.2) is 9.78 Å². The van der Waals surface area contributed by atoms with Gasteiger partial charge in [-0.15, -0.1) is 0 Å². The number of hydrogen-bond donors (Lipinski definition) is 2. The van der Waals surface area contributed by atoms with Crippen LogP contribution in [0.2, 0.25) is 0 Å². The highest BCUT2D eigenvalue weighted by Gasteiger charge is 1.97. The summed E-state index contributed by atoms with van der Waals surface area (Å²) in [4.78, 5) is 14.6. The lowest BCUT2D eigenvalue weighted by Crippen LogP contribution is -2.16. The van der Waals surface area contributed by atoms with Crippen LogP contribution < -0.4 is 5.32 Å². The third-order valence-corrected chi connectivity index (χ3v) is 3.40. The molecule has 0 unspecified atom stereocenters. The second-order valence-electron chi connectivity index (χ2n) is 5.11. The fraction of sp³-hybridized carbons (Fsp3) is 0.294. The number of rotatable bonds is 8. The van der Waals surface area contributed by atoms with Gasteiger partial charge in [0.2, 0.25) is 0 Å². The van der Waals surface area contributed by atoms with Crippen molar-refractivity contribution in [2.45, 2.75) is 26.4 Å². The lowest BCUT2D eigenvalue weighted by molar-refractivity contribution is -0.131. The number of carbonyl (C=O) groups is 1. The number of carboxylic acids is 1. The second-order valence-corrected chi connectivity index (χ2v) is 5.11. The zero-order valence-corrected chi connectivity index (χ0v) is 12.7. The van der Waals surface area contributed by atoms with E-state index in [0.29, 0.717) is 0 Å². The molecule has 2 N–H and O–H groups in total. The Morgan fingerprint density at radius 2 is 2.14 bits per heavy atom. The molecule has 0 aliphatic heterocycles. The minimum atomic E-state index is -0.932. The van der Waals surface area contributed by atoms with Gasteiger partial charge in [0.25, 0.3) is 0 Å². The summed E-state index contributed by atoms with van der Waals surface area (Å²) in [5, 5.41) is 12.0. The van der Waals surface area contributed by atoms with Crippen LogP contribution in [-0.2, 0) is 17.9 Å². The Morgan fingerprint density at radius 1 is 1.36 bits per heavy atom. The normalized spacial score (nSPS) is 11.1. The van der Waals surface area contributed by atoms with Crippen LogP contribution in [0.5, 0.6) is 0 Å². The van der Waals surface area contributed by atoms with Gasteiger partial charge in [-0.1, -0.05) is 24.3 Å². The van der Waals surface area contributed by atoms with E-state index in [4.69, 9.17) is 5.11 Å². The number of aliphatic carboxylic acids is 1. The number of carboxylic acid groups (broad SMARTS) is 1. The molecule has 0 aliphatic carbocycles. The molecule has 0 fully saturated rings. The summed E-state index contributed by atoms with van der Waals surface area (Å²) in [5.74, 6) is 0.115. The second kappa shape index (κ2) is 8.14. The molecule has 5 nitrogen and oxygen atoms in total. The zero-order chi connectivity index (χ0) is 15.8. The van der Waals surface area contributed by atoms with Gasteiger partial charge < -0.3 is 15.0 Å². The number of imidazole rings is 1. The van der Waals surface area contributed by atoms with Gasteiger partial charge in [-0.3, -0.25) is 0 Å². The third kappa shape index (κ3) is 5.18. The summed E-state index contributed by atoms with van der Waals surface area (Å²) in [6.07, 6.45) is 7.61. The van der Waals surface area contributed by atoms with Crippen LogP contribution in [0, 0.1) is 6.92 Å². The topological polar surface area (TPSA) is 67.2 Å². The van der Waals surface area contributed by atoms with Crippen LogP contribution >= 0.6 is 0 Å². The first kappa shape index (κ1) is 16.0. The van der Waals surface area contributed by atoms with Crippen LogP contribution in [-0.4, -0.2) is 27.2 Å². The Balaban J connectivity index is 1.69. The van der Waals surface area contributed by atoms with Crippen molar-refractivity contribution in [1.29, 1.82) is 0 Å². The fourth-order valence-electron chi connectivity index (χ4n) is 2.16. The predicted molar refractivity (Wildman–Crippen MR) is 86.4 cm³/mol. The number of nitrogens with zero attached hydrogens (tertiary/aromatic N) is 2. The van der Waals surface area contributed by atoms with Crippen molar-refractivity contribution < 1.29 is 9.90 Å². The molecule has 1 aromatic carbocycles. The van der Waals surface area contributed by atoms with Gasteiger partial charge in [0.15, 0.2) is 0 Å². The molecule has 0 amide bonds. The van der Waals surface area contributed by atoms with Gasteiger partial charge in [0.1, 0.15) is 5.82 Å². The molecule has 2 rings (SSSR count). The van der Waals surface area contributed by atoms with Gasteiger partial charge in [0, 0.05) is 31.6 Å². The molecule has 0 saturated carbocycles. The molecule has 116 valence electrons. The molecule has 0 aliphatic rings. The monoisotopic (exact) mass is 299 g/mol. The largest absolute Gasteiger partial charge is 0.478 e. The Hall–Kier alpha value is -2.40. The Bertz CT molecular complexity index is 630. The van der Waals surface area contributed by atoms with Crippen LogP contribution in [0.4, 0.5) is 0 Å². The van der Waals surface area contributed by atoms with Gasteiger partial charge in [0.05, 0.1) is 0 Å². The number of aryl methyl sites for hydroxylation is 2. The lowest BCUT2D eigenvalue weighted by Gasteiger charge is -2.07. The average Bonchev–Trinajstić information content (AvgIpc) is 2.91. The average molecular weight is 299 g/mol. The Kier molecular flexibility index (Phi) is 5.91. The molecular weight excluding hydrogens is 278 g/mol. The smallest absolute Gasteiger partial charge is 0.328 e. The van der Waals surface area contributed by atoms with E-state index in [2.05, 4.69) is 14.9 Å². The molecule has 1 heterocycles. The van der Waals surface area contributed by atoms with Crippen LogP contribution in [0.25, 0.3) is 6.08 Å². The highest BCUT2D eigenvalue weighted by Crippen LogP contribution is 2.06. The van der Waals surface area contributed by atoms with E-state index in [1.165, 1.54) is 5.56 Å². The van der Waals surface area contributed by atoms with Crippen molar-refractivity contribution in [2.24, 2.45) is 0 Å². The summed E-state index contributed by atoms with van der Waals surface area (Å²) in [6.45, 7) is 4.73. The molecule has 0 atom stereocenters. The Labute approximate surface area is 130 Å². The van der Waals surface area contributed by atoms with E-state index in [1.54, 1.807) is 6.08 Å². The summed E-state index contributed by atoms with van der Waals surface area (Å²) in [7, 11) is 0. The molecule has 22 heavy (non-hydrogen) atoms. The zero-order valence-electron chi connectivity index (χ0n) is 12.7. The van der Waals surface area contributed by atoms with Gasteiger partial charge in [-0.2, -0.15) is 0 Å². The molecule has 2 aromatic rings. The van der Waals surface area contributed by atoms with E-state index in [9.17, 15) is 4.79 Å². The van der Waals surface area contributed by atoms with E-state index in [0.717, 1.165) is 43.5 Å². The molecule has 0 saturated heterocycles. The maximum atomic E-state index is 10.4. The first-order valence-corrected chi connectivity index (χ1v) is 7.33. The highest BCUT2D eigenvalue weighted by atomic mass is 16.4. The lowest BCUT2D eigenvalue weighted by atomic mass is 10.1. The number of hydrogen-bond acceptors (Lipinski definition) is 3. The molecule has 5 heteroatoms. The maximum Gasteiger partial charge on any atom is 0.328 e. The summed E-state index contributed by atoms with van der Waals surface area (Å²) >= 11 is 0. The SMILES string of the molecule is Cc1nccn1CCCNCc1ccc(C=CC(=O)O)cc1. The Morgan fingerprint density at radius 3 is 2.77 bits per heavy atom. The minimum absolute atomic E-state index is 0.811. The van der Waals surface area contributed by atoms with Crippen molar-refractivity contribution >= 4 is 12.0 Å². The highest BCUT2D eigenvalue weighted by molar-refractivity contribution is 5.85. The van der Waals surface area contributed by atoms with Gasteiger partial charge >= 0.3 is 5.97 Å². The number of aromatic nitrogens is 2. The van der Waals surface area contributed by atoms with E-state index < -0.39 is 5.97 Å². The molecule has 0 radical (unpaired) electrons. The van der Waals surface area contributed by atoms with Crippen molar-refractivity contribution in [3.05, 3.63) is 59.7 Å². The summed E-state index contributed by atoms with van der Waals surface area (Å²) in [5.41, 5.74) is 2.08. The maximum absolute atomic E-state index is 10.4. The van der Waals surface area contributed by atoms with E-state index >= 15 is 0 Å². The summed E-state index contributed by atoms with van der Waals surface area (Å²) in [6, 6.07) is 7.86. The fourth-order valence-corrected chi connectivity index (χ4v) is 2.16. The van der Waals surface area contributed by atoms with Crippen LogP contribution in [0.3, 0.4) is 0 Å². The number of benzene rings is 1. The van der Waals surface area contributed by atoms with Crippen molar-refractivity contribution in [2.75, 3.05) is 6.54 Å². The minimum Gasteiger partial charge on any atom is -0.478 e. The first-order valence-electron chi connectivity index (χ1n) is 7.33. The quantitative estimate of drug-likeness (QED) is 0.580. The molecule has 1 aromatic heterocycles. The predicted octanol–water partition coefficient (Wildman–Crippen LogP) is 2.47. The van der Waals surface area contributed by atoms with Gasteiger partial charge in [-0.05, 0) is 37.1 Å². The first-order chi connectivity index (χ1) is 10.6. The third-order valence-electron chi connectivity index (χ3n) is 3.40. The number of nitrogens with one attached hydrogen (secondary N) is 1. The molecule has 0 bridgehead atoms. The summed E-state index contributed by atoms with van der Waals surface area (Å²) < 4.78 is 2.14. The van der Waals surface area contributed by atoms with Crippen LogP contribution in [0.15, 0.2) is 42.7 Å². The van der Waals surface area contributed by atoms with Crippen molar-refractivity contribution in [3.63, 3.8) is 0 Å².